The summed E-state index contributed by atoms with van der Waals surface area (Å²) in [5, 5.41) is 2.80. The SMILES string of the molecule is O=C(NCc1ccccc1F)c1ccc2c(c1)CN(C1CCOCC1)CCO2. The molecule has 148 valence electrons. The van der Waals surface area contributed by atoms with Gasteiger partial charge in [-0.25, -0.2) is 4.39 Å². The molecule has 0 unspecified atom stereocenters. The number of benzene rings is 2. The molecule has 1 amide bonds. The van der Waals surface area contributed by atoms with Crippen molar-refractivity contribution in [3.63, 3.8) is 0 Å². The summed E-state index contributed by atoms with van der Waals surface area (Å²) in [6, 6.07) is 12.5. The fourth-order valence-electron chi connectivity index (χ4n) is 3.84. The Hall–Kier alpha value is -2.44. The van der Waals surface area contributed by atoms with Crippen molar-refractivity contribution in [1.29, 1.82) is 0 Å². The minimum Gasteiger partial charge on any atom is -0.492 e. The Balaban J connectivity index is 1.45. The van der Waals surface area contributed by atoms with Gasteiger partial charge in [-0.2, -0.15) is 0 Å². The van der Waals surface area contributed by atoms with E-state index in [4.69, 9.17) is 9.47 Å². The van der Waals surface area contributed by atoms with Gasteiger partial charge in [0.2, 0.25) is 0 Å². The number of carbonyl (C=O) groups excluding carboxylic acids is 1. The van der Waals surface area contributed by atoms with E-state index in [9.17, 15) is 9.18 Å². The molecule has 2 heterocycles. The average molecular weight is 384 g/mol. The van der Waals surface area contributed by atoms with Gasteiger partial charge in [-0.1, -0.05) is 18.2 Å². The van der Waals surface area contributed by atoms with Crippen LogP contribution in [0.3, 0.4) is 0 Å². The van der Waals surface area contributed by atoms with Crippen LogP contribution in [0.25, 0.3) is 0 Å². The van der Waals surface area contributed by atoms with Crippen LogP contribution in [-0.4, -0.2) is 43.2 Å². The lowest BCUT2D eigenvalue weighted by Gasteiger charge is -2.32. The van der Waals surface area contributed by atoms with Crippen LogP contribution in [0.1, 0.15) is 34.3 Å². The summed E-state index contributed by atoms with van der Waals surface area (Å²) in [5.41, 5.74) is 2.05. The highest BCUT2D eigenvalue weighted by Gasteiger charge is 2.25. The number of ether oxygens (including phenoxy) is 2. The predicted molar refractivity (Wildman–Crippen MR) is 104 cm³/mol. The van der Waals surface area contributed by atoms with Crippen LogP contribution < -0.4 is 10.1 Å². The van der Waals surface area contributed by atoms with Gasteiger partial charge in [0.15, 0.2) is 0 Å². The Morgan fingerprint density at radius 2 is 1.96 bits per heavy atom. The highest BCUT2D eigenvalue weighted by molar-refractivity contribution is 5.94. The molecule has 1 saturated heterocycles. The fourth-order valence-corrected chi connectivity index (χ4v) is 3.84. The summed E-state index contributed by atoms with van der Waals surface area (Å²) in [6.45, 7) is 4.03. The highest BCUT2D eigenvalue weighted by atomic mass is 19.1. The number of amides is 1. The highest BCUT2D eigenvalue weighted by Crippen LogP contribution is 2.27. The smallest absolute Gasteiger partial charge is 0.251 e. The minimum absolute atomic E-state index is 0.160. The first kappa shape index (κ1) is 18.9. The fraction of sp³-hybridized carbons (Fsp3) is 0.409. The summed E-state index contributed by atoms with van der Waals surface area (Å²) in [6.07, 6.45) is 2.05. The molecule has 0 aliphatic carbocycles. The van der Waals surface area contributed by atoms with Gasteiger partial charge in [0, 0.05) is 55.6 Å². The van der Waals surface area contributed by atoms with E-state index in [1.807, 2.05) is 12.1 Å². The molecule has 4 rings (SSSR count). The van der Waals surface area contributed by atoms with Gasteiger partial charge in [0.1, 0.15) is 18.2 Å². The Kier molecular flexibility index (Phi) is 5.88. The lowest BCUT2D eigenvalue weighted by atomic mass is 10.0. The molecule has 0 saturated carbocycles. The first-order valence-electron chi connectivity index (χ1n) is 9.80. The van der Waals surface area contributed by atoms with Crippen molar-refractivity contribution in [1.82, 2.24) is 10.2 Å². The molecule has 2 aromatic rings. The normalized spacial score (nSPS) is 18.0. The molecule has 1 N–H and O–H groups in total. The van der Waals surface area contributed by atoms with Crippen LogP contribution in [0.5, 0.6) is 5.75 Å². The molecule has 5 nitrogen and oxygen atoms in total. The average Bonchev–Trinajstić information content (AvgIpc) is 2.95. The maximum absolute atomic E-state index is 13.8. The maximum Gasteiger partial charge on any atom is 0.251 e. The molecular weight excluding hydrogens is 359 g/mol. The van der Waals surface area contributed by atoms with Crippen LogP contribution >= 0.6 is 0 Å². The van der Waals surface area contributed by atoms with Crippen LogP contribution in [-0.2, 0) is 17.8 Å². The van der Waals surface area contributed by atoms with E-state index in [0.717, 1.165) is 50.5 Å². The van der Waals surface area contributed by atoms with Crippen LogP contribution in [0.4, 0.5) is 4.39 Å². The Labute approximate surface area is 164 Å². The minimum atomic E-state index is -0.315. The quantitative estimate of drug-likeness (QED) is 0.880. The number of carbonyl (C=O) groups is 1. The Morgan fingerprint density at radius 1 is 1.14 bits per heavy atom. The molecule has 0 aromatic heterocycles. The number of fused-ring (bicyclic) bond motifs is 1. The second-order valence-corrected chi connectivity index (χ2v) is 7.26. The zero-order chi connectivity index (χ0) is 19.3. The summed E-state index contributed by atoms with van der Waals surface area (Å²) in [4.78, 5) is 15.0. The third kappa shape index (κ3) is 4.34. The van der Waals surface area contributed by atoms with E-state index < -0.39 is 0 Å². The summed E-state index contributed by atoms with van der Waals surface area (Å²) < 4.78 is 25.1. The monoisotopic (exact) mass is 384 g/mol. The zero-order valence-electron chi connectivity index (χ0n) is 15.8. The van der Waals surface area contributed by atoms with Crippen LogP contribution in [0, 0.1) is 5.82 Å². The van der Waals surface area contributed by atoms with Gasteiger partial charge in [-0.3, -0.25) is 9.69 Å². The van der Waals surface area contributed by atoms with E-state index in [1.54, 1.807) is 24.3 Å². The van der Waals surface area contributed by atoms with E-state index >= 15 is 0 Å². The summed E-state index contributed by atoms with van der Waals surface area (Å²) in [7, 11) is 0. The van der Waals surface area contributed by atoms with Crippen molar-refractivity contribution < 1.29 is 18.7 Å². The van der Waals surface area contributed by atoms with Crippen molar-refractivity contribution >= 4 is 5.91 Å². The van der Waals surface area contributed by atoms with Crippen molar-refractivity contribution in [2.24, 2.45) is 0 Å². The number of nitrogens with zero attached hydrogens (tertiary/aromatic N) is 1. The number of nitrogens with one attached hydrogen (secondary N) is 1. The van der Waals surface area contributed by atoms with Gasteiger partial charge in [0.05, 0.1) is 0 Å². The number of rotatable bonds is 4. The molecular formula is C22H25FN2O3. The number of hydrogen-bond acceptors (Lipinski definition) is 4. The van der Waals surface area contributed by atoms with E-state index in [1.165, 1.54) is 6.07 Å². The first-order chi connectivity index (χ1) is 13.7. The molecule has 0 radical (unpaired) electrons. The van der Waals surface area contributed by atoms with Crippen LogP contribution in [0.15, 0.2) is 42.5 Å². The zero-order valence-corrected chi connectivity index (χ0v) is 15.8. The summed E-state index contributed by atoms with van der Waals surface area (Å²) >= 11 is 0. The maximum atomic E-state index is 13.8. The third-order valence-electron chi connectivity index (χ3n) is 5.44. The number of halogens is 1. The first-order valence-corrected chi connectivity index (χ1v) is 9.80. The molecule has 2 aliphatic rings. The van der Waals surface area contributed by atoms with Gasteiger partial charge >= 0.3 is 0 Å². The Bertz CT molecular complexity index is 836. The van der Waals surface area contributed by atoms with E-state index in [-0.39, 0.29) is 18.3 Å². The van der Waals surface area contributed by atoms with Gasteiger partial charge in [-0.05, 0) is 37.1 Å². The third-order valence-corrected chi connectivity index (χ3v) is 5.44. The molecule has 1 fully saturated rings. The summed E-state index contributed by atoms with van der Waals surface area (Å²) in [5.74, 6) is 0.304. The second-order valence-electron chi connectivity index (χ2n) is 7.26. The standard InChI is InChI=1S/C22H25FN2O3/c23-20-4-2-1-3-17(20)14-24-22(26)16-5-6-21-18(13-16)15-25(9-12-28-21)19-7-10-27-11-8-19/h1-6,13,19H,7-12,14-15H2,(H,24,26). The second kappa shape index (κ2) is 8.71. The molecule has 0 spiro atoms. The van der Waals surface area contributed by atoms with Crippen molar-refractivity contribution in [2.75, 3.05) is 26.4 Å². The molecule has 28 heavy (non-hydrogen) atoms. The van der Waals surface area contributed by atoms with E-state index in [2.05, 4.69) is 10.2 Å². The van der Waals surface area contributed by atoms with Crippen LogP contribution in [0.2, 0.25) is 0 Å². The number of hydrogen-bond donors (Lipinski definition) is 1. The largest absolute Gasteiger partial charge is 0.492 e. The van der Waals surface area contributed by atoms with Gasteiger partial charge in [-0.15, -0.1) is 0 Å². The molecule has 6 heteroatoms. The molecule has 0 bridgehead atoms. The molecule has 2 aromatic carbocycles. The van der Waals surface area contributed by atoms with Crippen molar-refractivity contribution in [3.8, 4) is 5.75 Å². The Morgan fingerprint density at radius 3 is 2.79 bits per heavy atom. The van der Waals surface area contributed by atoms with Gasteiger partial charge in [0.25, 0.3) is 5.91 Å². The van der Waals surface area contributed by atoms with Gasteiger partial charge < -0.3 is 14.8 Å². The lowest BCUT2D eigenvalue weighted by Crippen LogP contribution is -2.40. The van der Waals surface area contributed by atoms with E-state index in [0.29, 0.717) is 23.8 Å². The predicted octanol–water partition coefficient (Wildman–Crippen LogP) is 3.13. The van der Waals surface area contributed by atoms with Crippen molar-refractivity contribution in [2.45, 2.75) is 32.0 Å². The topological polar surface area (TPSA) is 50.8 Å². The lowest BCUT2D eigenvalue weighted by molar-refractivity contribution is 0.0294. The van der Waals surface area contributed by atoms with Crippen molar-refractivity contribution in [3.05, 3.63) is 65.0 Å². The molecule has 2 aliphatic heterocycles. The molecule has 0 atom stereocenters.